The molecule has 2 aromatic heterocycles. The number of nitrogens with zero attached hydrogens (tertiary/aromatic N) is 4. The highest BCUT2D eigenvalue weighted by Gasteiger charge is 2.42. The molecule has 0 spiro atoms. The lowest BCUT2D eigenvalue weighted by atomic mass is 9.77. The Labute approximate surface area is 165 Å². The molecule has 5 rings (SSSR count). The Morgan fingerprint density at radius 2 is 1.79 bits per heavy atom. The minimum absolute atomic E-state index is 0.0947. The first-order valence-corrected chi connectivity index (χ1v) is 10.2. The number of hydrogen-bond acceptors (Lipinski definition) is 4. The molecule has 1 aliphatic carbocycles. The maximum absolute atomic E-state index is 11.0. The second-order valence-electron chi connectivity index (χ2n) is 8.21. The van der Waals surface area contributed by atoms with Gasteiger partial charge in [0, 0.05) is 50.0 Å². The van der Waals surface area contributed by atoms with E-state index in [-0.39, 0.29) is 12.1 Å². The van der Waals surface area contributed by atoms with Crippen LogP contribution in [0.25, 0.3) is 11.4 Å². The van der Waals surface area contributed by atoms with Gasteiger partial charge < -0.3 is 9.67 Å². The molecule has 2 aliphatic rings. The van der Waals surface area contributed by atoms with E-state index in [4.69, 9.17) is 0 Å². The molecular formula is C23H26N4O. The first-order valence-electron chi connectivity index (χ1n) is 10.2. The van der Waals surface area contributed by atoms with Crippen molar-refractivity contribution in [3.63, 3.8) is 0 Å². The lowest BCUT2D eigenvalue weighted by Gasteiger charge is -2.36. The Hall–Kier alpha value is -2.50. The van der Waals surface area contributed by atoms with Crippen molar-refractivity contribution in [3.05, 3.63) is 72.8 Å². The summed E-state index contributed by atoms with van der Waals surface area (Å²) < 4.78 is 2.19. The van der Waals surface area contributed by atoms with Crippen LogP contribution in [0.3, 0.4) is 0 Å². The monoisotopic (exact) mass is 374 g/mol. The zero-order valence-electron chi connectivity index (χ0n) is 15.9. The minimum atomic E-state index is -0.323. The molecule has 28 heavy (non-hydrogen) atoms. The predicted molar refractivity (Wildman–Crippen MR) is 108 cm³/mol. The number of imidazole rings is 1. The summed E-state index contributed by atoms with van der Waals surface area (Å²) in [5.74, 6) is 2.15. The molecule has 0 unspecified atom stereocenters. The van der Waals surface area contributed by atoms with Gasteiger partial charge in [0.1, 0.15) is 5.82 Å². The van der Waals surface area contributed by atoms with Gasteiger partial charge in [-0.15, -0.1) is 0 Å². The highest BCUT2D eigenvalue weighted by atomic mass is 16.3. The van der Waals surface area contributed by atoms with Crippen LogP contribution in [-0.2, 0) is 6.54 Å². The van der Waals surface area contributed by atoms with Gasteiger partial charge in [-0.05, 0) is 36.3 Å². The maximum atomic E-state index is 11.0. The third-order valence-corrected chi connectivity index (χ3v) is 6.37. The van der Waals surface area contributed by atoms with Crippen LogP contribution in [0.1, 0.15) is 24.4 Å². The van der Waals surface area contributed by atoms with E-state index in [9.17, 15) is 5.11 Å². The molecule has 0 bridgehead atoms. The molecule has 5 nitrogen and oxygen atoms in total. The number of aliphatic hydroxyl groups is 1. The fraction of sp³-hybridized carbons (Fsp3) is 0.391. The van der Waals surface area contributed by atoms with E-state index < -0.39 is 0 Å². The van der Waals surface area contributed by atoms with Gasteiger partial charge in [0.2, 0.25) is 0 Å². The fourth-order valence-corrected chi connectivity index (χ4v) is 5.07. The van der Waals surface area contributed by atoms with Gasteiger partial charge in [0.25, 0.3) is 0 Å². The van der Waals surface area contributed by atoms with Crippen LogP contribution in [0.5, 0.6) is 0 Å². The Morgan fingerprint density at radius 3 is 2.57 bits per heavy atom. The standard InChI is InChI=1S/C23H26N4O/c28-22-12-20-16-26(14-17-5-4-8-24-13-17)15-19(20)11-21(22)27-10-9-25-23(27)18-6-2-1-3-7-18/h1-10,13,19-22,28H,11-12,14-16H2/t19-,20+,21-,22-/m0/s1. The van der Waals surface area contributed by atoms with Crippen LogP contribution >= 0.6 is 0 Å². The van der Waals surface area contributed by atoms with Crippen LogP contribution < -0.4 is 0 Å². The first-order chi connectivity index (χ1) is 13.8. The molecule has 4 atom stereocenters. The summed E-state index contributed by atoms with van der Waals surface area (Å²) in [6, 6.07) is 14.5. The second-order valence-corrected chi connectivity index (χ2v) is 8.21. The number of likely N-dealkylation sites (tertiary alicyclic amines) is 1. The van der Waals surface area contributed by atoms with Gasteiger partial charge in [0.15, 0.2) is 0 Å². The highest BCUT2D eigenvalue weighted by Crippen LogP contribution is 2.42. The SMILES string of the molecule is O[C@H]1C[C@@H]2CN(Cc3cccnc3)C[C@@H]2C[C@@H]1n1ccnc1-c1ccccc1. The van der Waals surface area contributed by atoms with E-state index in [0.29, 0.717) is 11.8 Å². The molecule has 3 aromatic rings. The molecule has 0 amide bonds. The molecule has 1 aliphatic heterocycles. The van der Waals surface area contributed by atoms with E-state index in [1.807, 2.05) is 49.1 Å². The summed E-state index contributed by atoms with van der Waals surface area (Å²) in [7, 11) is 0. The van der Waals surface area contributed by atoms with Crippen LogP contribution in [0.15, 0.2) is 67.3 Å². The van der Waals surface area contributed by atoms with E-state index in [1.165, 1.54) is 5.56 Å². The Balaban J connectivity index is 1.33. The maximum Gasteiger partial charge on any atom is 0.140 e. The average molecular weight is 374 g/mol. The number of aliphatic hydroxyl groups excluding tert-OH is 1. The number of rotatable bonds is 4. The first kappa shape index (κ1) is 17.6. The normalized spacial score (nSPS) is 27.6. The van der Waals surface area contributed by atoms with Crippen molar-refractivity contribution < 1.29 is 5.11 Å². The smallest absolute Gasteiger partial charge is 0.140 e. The topological polar surface area (TPSA) is 54.2 Å². The van der Waals surface area contributed by atoms with Crippen molar-refractivity contribution in [2.75, 3.05) is 13.1 Å². The Bertz CT molecular complexity index is 911. The van der Waals surface area contributed by atoms with Gasteiger partial charge in [-0.25, -0.2) is 4.98 Å². The number of hydrogen-bond donors (Lipinski definition) is 1. The number of pyridine rings is 1. The molecular weight excluding hydrogens is 348 g/mol. The van der Waals surface area contributed by atoms with Crippen molar-refractivity contribution >= 4 is 0 Å². The third kappa shape index (κ3) is 3.36. The van der Waals surface area contributed by atoms with Gasteiger partial charge in [-0.2, -0.15) is 0 Å². The zero-order chi connectivity index (χ0) is 18.9. The molecule has 1 N–H and O–H groups in total. The van der Waals surface area contributed by atoms with Crippen molar-refractivity contribution in [1.29, 1.82) is 0 Å². The number of benzene rings is 1. The van der Waals surface area contributed by atoms with Gasteiger partial charge >= 0.3 is 0 Å². The summed E-state index contributed by atoms with van der Waals surface area (Å²) in [6.07, 6.45) is 9.21. The quantitative estimate of drug-likeness (QED) is 0.761. The summed E-state index contributed by atoms with van der Waals surface area (Å²) >= 11 is 0. The van der Waals surface area contributed by atoms with Crippen molar-refractivity contribution in [2.45, 2.75) is 31.5 Å². The van der Waals surface area contributed by atoms with Crippen LogP contribution in [0, 0.1) is 11.8 Å². The minimum Gasteiger partial charge on any atom is -0.391 e. The fourth-order valence-electron chi connectivity index (χ4n) is 5.07. The van der Waals surface area contributed by atoms with Crippen molar-refractivity contribution in [1.82, 2.24) is 19.4 Å². The largest absolute Gasteiger partial charge is 0.391 e. The average Bonchev–Trinajstić information content (AvgIpc) is 3.35. The summed E-state index contributed by atoms with van der Waals surface area (Å²) in [4.78, 5) is 11.3. The third-order valence-electron chi connectivity index (χ3n) is 6.37. The zero-order valence-corrected chi connectivity index (χ0v) is 15.9. The van der Waals surface area contributed by atoms with Gasteiger partial charge in [-0.1, -0.05) is 36.4 Å². The Morgan fingerprint density at radius 1 is 0.964 bits per heavy atom. The van der Waals surface area contributed by atoms with Crippen LogP contribution in [0.4, 0.5) is 0 Å². The van der Waals surface area contributed by atoms with E-state index in [2.05, 4.69) is 37.6 Å². The molecule has 1 saturated heterocycles. The van der Waals surface area contributed by atoms with Crippen LogP contribution in [-0.4, -0.2) is 43.7 Å². The summed E-state index contributed by atoms with van der Waals surface area (Å²) in [6.45, 7) is 3.11. The van der Waals surface area contributed by atoms with E-state index in [1.54, 1.807) is 0 Å². The molecule has 1 saturated carbocycles. The summed E-state index contributed by atoms with van der Waals surface area (Å²) in [5, 5.41) is 11.0. The van der Waals surface area contributed by atoms with Crippen molar-refractivity contribution in [3.8, 4) is 11.4 Å². The lowest BCUT2D eigenvalue weighted by Crippen LogP contribution is -2.36. The summed E-state index contributed by atoms with van der Waals surface area (Å²) in [5.41, 5.74) is 2.37. The van der Waals surface area contributed by atoms with E-state index in [0.717, 1.165) is 43.9 Å². The van der Waals surface area contributed by atoms with Crippen molar-refractivity contribution in [2.24, 2.45) is 11.8 Å². The molecule has 2 fully saturated rings. The van der Waals surface area contributed by atoms with E-state index >= 15 is 0 Å². The van der Waals surface area contributed by atoms with Gasteiger partial charge in [-0.3, -0.25) is 9.88 Å². The lowest BCUT2D eigenvalue weighted by molar-refractivity contribution is 0.0365. The number of aromatic nitrogens is 3. The molecule has 144 valence electrons. The molecule has 5 heteroatoms. The molecule has 3 heterocycles. The molecule has 1 aromatic carbocycles. The highest BCUT2D eigenvalue weighted by molar-refractivity contribution is 5.55. The number of fused-ring (bicyclic) bond motifs is 1. The molecule has 0 radical (unpaired) electrons. The van der Waals surface area contributed by atoms with Gasteiger partial charge in [0.05, 0.1) is 12.1 Å². The Kier molecular flexibility index (Phi) is 4.71. The second kappa shape index (κ2) is 7.49. The van der Waals surface area contributed by atoms with Crippen LogP contribution in [0.2, 0.25) is 0 Å². The predicted octanol–water partition coefficient (Wildman–Crippen LogP) is 3.39.